The summed E-state index contributed by atoms with van der Waals surface area (Å²) in [5.41, 5.74) is -0.0599. The highest BCUT2D eigenvalue weighted by Gasteiger charge is 2.20. The van der Waals surface area contributed by atoms with Crippen LogP contribution >= 0.6 is 23.1 Å². The Hall–Kier alpha value is -1.99. The number of carbonyl (C=O) groups excluding carboxylic acids is 1. The molecule has 0 aliphatic heterocycles. The number of fused-ring (bicyclic) bond motifs is 1. The second kappa shape index (κ2) is 7.49. The van der Waals surface area contributed by atoms with Gasteiger partial charge in [-0.25, -0.2) is 13.6 Å². The van der Waals surface area contributed by atoms with Crippen molar-refractivity contribution in [2.45, 2.75) is 17.6 Å². The lowest BCUT2D eigenvalue weighted by Gasteiger charge is -2.11. The van der Waals surface area contributed by atoms with E-state index in [4.69, 9.17) is 4.74 Å². The second-order valence-electron chi connectivity index (χ2n) is 5.12. The summed E-state index contributed by atoms with van der Waals surface area (Å²) < 4.78 is 47.0. The summed E-state index contributed by atoms with van der Waals surface area (Å²) in [6.45, 7) is 1.77. The van der Waals surface area contributed by atoms with Gasteiger partial charge in [-0.05, 0) is 36.6 Å². The first-order valence-electron chi connectivity index (χ1n) is 7.46. The largest absolute Gasteiger partial charge is 0.462 e. The van der Waals surface area contributed by atoms with E-state index >= 15 is 0 Å². The smallest absolute Gasteiger partial charge is 0.338 e. The van der Waals surface area contributed by atoms with Crippen molar-refractivity contribution in [2.75, 3.05) is 6.61 Å². The summed E-state index contributed by atoms with van der Waals surface area (Å²) in [7, 11) is 0. The molecule has 1 heterocycles. The first-order chi connectivity index (χ1) is 12.0. The summed E-state index contributed by atoms with van der Waals surface area (Å²) in [4.78, 5) is 12.7. The molecule has 2 aromatic carbocycles. The molecule has 0 fully saturated rings. The van der Waals surface area contributed by atoms with E-state index in [1.807, 2.05) is 0 Å². The van der Waals surface area contributed by atoms with Gasteiger partial charge in [0.05, 0.1) is 16.9 Å². The van der Waals surface area contributed by atoms with Gasteiger partial charge in [0, 0.05) is 16.2 Å². The van der Waals surface area contributed by atoms with Crippen LogP contribution in [0.1, 0.15) is 22.8 Å². The number of thioether (sulfide) groups is 1. The summed E-state index contributed by atoms with van der Waals surface area (Å²) in [6, 6.07) is 8.89. The molecule has 0 unspecified atom stereocenters. The van der Waals surface area contributed by atoms with Crippen molar-refractivity contribution in [3.05, 3.63) is 64.3 Å². The fourth-order valence-corrected chi connectivity index (χ4v) is 4.50. The zero-order valence-electron chi connectivity index (χ0n) is 13.1. The molecular formula is C18H13F3O2S2. The van der Waals surface area contributed by atoms with E-state index in [1.54, 1.807) is 25.1 Å². The topological polar surface area (TPSA) is 26.3 Å². The molecule has 3 aromatic rings. The third-order valence-electron chi connectivity index (χ3n) is 3.54. The molecule has 0 saturated carbocycles. The van der Waals surface area contributed by atoms with Crippen molar-refractivity contribution in [3.63, 3.8) is 0 Å². The molecule has 25 heavy (non-hydrogen) atoms. The first kappa shape index (κ1) is 17.8. The molecule has 2 nitrogen and oxygen atoms in total. The number of rotatable bonds is 5. The lowest BCUT2D eigenvalue weighted by molar-refractivity contribution is 0.0524. The molecule has 0 atom stereocenters. The average Bonchev–Trinajstić information content (AvgIpc) is 2.97. The number of hydrogen-bond donors (Lipinski definition) is 0. The van der Waals surface area contributed by atoms with E-state index in [2.05, 4.69) is 0 Å². The van der Waals surface area contributed by atoms with Crippen LogP contribution in [0.5, 0.6) is 0 Å². The lowest BCUT2D eigenvalue weighted by atomic mass is 10.1. The Balaban J connectivity index is 1.94. The zero-order chi connectivity index (χ0) is 18.0. The monoisotopic (exact) mass is 382 g/mol. The molecule has 1 aromatic heterocycles. The Morgan fingerprint density at radius 2 is 2.00 bits per heavy atom. The number of thiophene rings is 1. The lowest BCUT2D eigenvalue weighted by Crippen LogP contribution is -2.10. The number of carbonyl (C=O) groups is 1. The van der Waals surface area contributed by atoms with Crippen LogP contribution in [-0.4, -0.2) is 12.6 Å². The van der Waals surface area contributed by atoms with Crippen LogP contribution < -0.4 is 0 Å². The minimum absolute atomic E-state index is 0.00205. The van der Waals surface area contributed by atoms with Crippen LogP contribution in [0.4, 0.5) is 13.2 Å². The quantitative estimate of drug-likeness (QED) is 0.413. The van der Waals surface area contributed by atoms with Crippen LogP contribution in [-0.2, 0) is 10.5 Å². The molecule has 0 N–H and O–H groups in total. The summed E-state index contributed by atoms with van der Waals surface area (Å²) in [5.74, 6) is -2.76. The highest BCUT2D eigenvalue weighted by atomic mass is 32.2. The molecule has 7 heteroatoms. The highest BCUT2D eigenvalue weighted by molar-refractivity contribution is 7.98. The van der Waals surface area contributed by atoms with Gasteiger partial charge in [0.15, 0.2) is 16.8 Å². The molecule has 130 valence electrons. The third-order valence-corrected chi connectivity index (χ3v) is 5.73. The molecule has 0 bridgehead atoms. The van der Waals surface area contributed by atoms with Crippen molar-refractivity contribution in [2.24, 2.45) is 0 Å². The predicted octanol–water partition coefficient (Wildman–Crippen LogP) is 5.79. The molecule has 0 saturated heterocycles. The van der Waals surface area contributed by atoms with Gasteiger partial charge in [-0.3, -0.25) is 0 Å². The van der Waals surface area contributed by atoms with Gasteiger partial charge >= 0.3 is 5.97 Å². The molecule has 0 radical (unpaired) electrons. The van der Waals surface area contributed by atoms with Gasteiger partial charge in [0.2, 0.25) is 0 Å². The minimum atomic E-state index is -1.07. The molecule has 0 amide bonds. The van der Waals surface area contributed by atoms with Crippen LogP contribution in [0.15, 0.2) is 41.3 Å². The van der Waals surface area contributed by atoms with Gasteiger partial charge in [-0.15, -0.1) is 23.1 Å². The first-order valence-corrected chi connectivity index (χ1v) is 9.26. The fraction of sp³-hybridized carbons (Fsp3) is 0.167. The van der Waals surface area contributed by atoms with Gasteiger partial charge < -0.3 is 4.74 Å². The third kappa shape index (κ3) is 3.67. The number of ether oxygens (including phenoxy) is 1. The maximum atomic E-state index is 14.2. The van der Waals surface area contributed by atoms with E-state index in [-0.39, 0.29) is 28.6 Å². The van der Waals surface area contributed by atoms with Gasteiger partial charge in [-0.1, -0.05) is 12.1 Å². The Morgan fingerprint density at radius 3 is 2.76 bits per heavy atom. The predicted molar refractivity (Wildman–Crippen MR) is 93.7 cm³/mol. The number of hydrogen-bond acceptors (Lipinski definition) is 4. The van der Waals surface area contributed by atoms with Crippen molar-refractivity contribution in [3.8, 4) is 0 Å². The molecule has 3 rings (SSSR count). The van der Waals surface area contributed by atoms with Gasteiger partial charge in [-0.2, -0.15) is 4.39 Å². The van der Waals surface area contributed by atoms with Crippen LogP contribution in [0.2, 0.25) is 0 Å². The summed E-state index contributed by atoms with van der Waals surface area (Å²) in [5, 5.41) is 0.435. The second-order valence-corrected chi connectivity index (χ2v) is 7.14. The molecular weight excluding hydrogens is 369 g/mol. The van der Waals surface area contributed by atoms with E-state index < -0.39 is 17.6 Å². The van der Waals surface area contributed by atoms with E-state index in [0.29, 0.717) is 0 Å². The fourth-order valence-electron chi connectivity index (χ4n) is 2.40. The Labute approximate surface area is 150 Å². The summed E-state index contributed by atoms with van der Waals surface area (Å²) >= 11 is 2.21. The normalized spacial score (nSPS) is 11.0. The standard InChI is InChI=1S/C18H13F3O2S2/c1-2-23-18(22)11-6-7-13(19)16(21)12(11)9-24-14-5-3-4-10-8-15(20)25-17(10)14/h3-8H,2,9H2,1H3. The maximum Gasteiger partial charge on any atom is 0.338 e. The molecule has 0 aliphatic carbocycles. The van der Waals surface area contributed by atoms with Crippen LogP contribution in [0.25, 0.3) is 10.1 Å². The van der Waals surface area contributed by atoms with Gasteiger partial charge in [0.25, 0.3) is 0 Å². The molecule has 0 aliphatic rings. The maximum absolute atomic E-state index is 14.2. The number of halogens is 3. The van der Waals surface area contributed by atoms with E-state index in [0.717, 1.165) is 32.4 Å². The van der Waals surface area contributed by atoms with Crippen molar-refractivity contribution in [1.29, 1.82) is 0 Å². The average molecular weight is 382 g/mol. The van der Waals surface area contributed by atoms with E-state index in [9.17, 15) is 18.0 Å². The Morgan fingerprint density at radius 1 is 1.20 bits per heavy atom. The number of benzene rings is 2. The van der Waals surface area contributed by atoms with Crippen LogP contribution in [0, 0.1) is 16.8 Å². The Kier molecular flexibility index (Phi) is 5.34. The summed E-state index contributed by atoms with van der Waals surface area (Å²) in [6.07, 6.45) is 0. The van der Waals surface area contributed by atoms with Crippen molar-refractivity contribution < 1.29 is 22.7 Å². The highest BCUT2D eigenvalue weighted by Crippen LogP contribution is 2.36. The van der Waals surface area contributed by atoms with Crippen molar-refractivity contribution in [1.82, 2.24) is 0 Å². The minimum Gasteiger partial charge on any atom is -0.462 e. The van der Waals surface area contributed by atoms with Gasteiger partial charge in [0.1, 0.15) is 0 Å². The SMILES string of the molecule is CCOC(=O)c1ccc(F)c(F)c1CSc1cccc2cc(F)sc12. The number of esters is 1. The zero-order valence-corrected chi connectivity index (χ0v) is 14.8. The van der Waals surface area contributed by atoms with E-state index in [1.165, 1.54) is 23.9 Å². The Bertz CT molecular complexity index is 937. The van der Waals surface area contributed by atoms with Crippen molar-refractivity contribution >= 4 is 39.2 Å². The molecule has 0 spiro atoms. The van der Waals surface area contributed by atoms with Crippen LogP contribution in [0.3, 0.4) is 0 Å².